The predicted molar refractivity (Wildman–Crippen MR) is 107 cm³/mol. The number of rotatable bonds is 7. The molecule has 0 atom stereocenters. The van der Waals surface area contributed by atoms with Gasteiger partial charge >= 0.3 is 0 Å². The Morgan fingerprint density at radius 1 is 1.15 bits per heavy atom. The first-order valence-corrected chi connectivity index (χ1v) is 9.88. The lowest BCUT2D eigenvalue weighted by Crippen LogP contribution is -2.45. The summed E-state index contributed by atoms with van der Waals surface area (Å²) >= 11 is 0. The van der Waals surface area contributed by atoms with Gasteiger partial charge in [0.25, 0.3) is 5.91 Å². The molecular weight excluding hydrogens is 326 g/mol. The Morgan fingerprint density at radius 2 is 1.77 bits per heavy atom. The van der Waals surface area contributed by atoms with E-state index in [4.69, 9.17) is 0 Å². The fourth-order valence-corrected chi connectivity index (χ4v) is 3.53. The van der Waals surface area contributed by atoms with Gasteiger partial charge in [-0.2, -0.15) is 0 Å². The van der Waals surface area contributed by atoms with Crippen molar-refractivity contribution >= 4 is 17.5 Å². The molecule has 0 bridgehead atoms. The van der Waals surface area contributed by atoms with Crippen LogP contribution >= 0.6 is 0 Å². The quantitative estimate of drug-likeness (QED) is 0.813. The summed E-state index contributed by atoms with van der Waals surface area (Å²) in [4.78, 5) is 28.9. The summed E-state index contributed by atoms with van der Waals surface area (Å²) < 4.78 is 0. The summed E-state index contributed by atoms with van der Waals surface area (Å²) in [5, 5.41) is 3.16. The van der Waals surface area contributed by atoms with Crippen molar-refractivity contribution < 1.29 is 9.59 Å². The van der Waals surface area contributed by atoms with Gasteiger partial charge in [0.1, 0.15) is 0 Å². The number of nitrogens with zero attached hydrogens (tertiary/aromatic N) is 2. The number of amides is 2. The third-order valence-corrected chi connectivity index (χ3v) is 4.98. The van der Waals surface area contributed by atoms with Crippen molar-refractivity contribution in [2.45, 2.75) is 53.0 Å². The Kier molecular flexibility index (Phi) is 7.49. The Hall–Kier alpha value is -2.04. The van der Waals surface area contributed by atoms with Gasteiger partial charge in [-0.05, 0) is 44.7 Å². The molecule has 2 rings (SSSR count). The molecule has 1 saturated heterocycles. The first kappa shape index (κ1) is 20.3. The standard InChI is InChI=1S/C21H33N3O2/c1-5-23(6-2)21(26)18-9-7-8-10-19(18)24-13-11-17(12-14-24)22-20(25)15-16(3)4/h7-10,16-17H,5-6,11-15H2,1-4H3,(H,22,25). The maximum absolute atomic E-state index is 12.8. The molecule has 1 fully saturated rings. The highest BCUT2D eigenvalue weighted by molar-refractivity contribution is 5.99. The Labute approximate surface area is 157 Å². The minimum Gasteiger partial charge on any atom is -0.371 e. The van der Waals surface area contributed by atoms with Gasteiger partial charge in [-0.25, -0.2) is 0 Å². The maximum Gasteiger partial charge on any atom is 0.255 e. The molecule has 5 heteroatoms. The predicted octanol–water partition coefficient (Wildman–Crippen LogP) is 3.30. The van der Waals surface area contributed by atoms with E-state index < -0.39 is 0 Å². The van der Waals surface area contributed by atoms with Crippen LogP contribution in [0.1, 0.15) is 57.3 Å². The molecule has 1 aliphatic rings. The summed E-state index contributed by atoms with van der Waals surface area (Å²) in [6, 6.07) is 8.12. The summed E-state index contributed by atoms with van der Waals surface area (Å²) in [6.45, 7) is 11.3. The molecule has 0 saturated carbocycles. The van der Waals surface area contributed by atoms with Crippen molar-refractivity contribution in [2.24, 2.45) is 5.92 Å². The third-order valence-electron chi connectivity index (χ3n) is 4.98. The second-order valence-corrected chi connectivity index (χ2v) is 7.42. The van der Waals surface area contributed by atoms with E-state index in [2.05, 4.69) is 24.1 Å². The van der Waals surface area contributed by atoms with Crippen LogP contribution in [0.3, 0.4) is 0 Å². The largest absolute Gasteiger partial charge is 0.371 e. The topological polar surface area (TPSA) is 52.7 Å². The SMILES string of the molecule is CCN(CC)C(=O)c1ccccc1N1CCC(NC(=O)CC(C)C)CC1. The average molecular weight is 360 g/mol. The summed E-state index contributed by atoms with van der Waals surface area (Å²) in [7, 11) is 0. The van der Waals surface area contributed by atoms with E-state index in [9.17, 15) is 9.59 Å². The Balaban J connectivity index is 2.01. The van der Waals surface area contributed by atoms with E-state index in [1.54, 1.807) is 0 Å². The molecule has 1 N–H and O–H groups in total. The van der Waals surface area contributed by atoms with E-state index in [0.717, 1.165) is 37.2 Å². The molecule has 1 heterocycles. The summed E-state index contributed by atoms with van der Waals surface area (Å²) in [5.74, 6) is 0.626. The molecule has 0 unspecified atom stereocenters. The lowest BCUT2D eigenvalue weighted by molar-refractivity contribution is -0.122. The van der Waals surface area contributed by atoms with E-state index in [1.165, 1.54) is 0 Å². The molecule has 0 radical (unpaired) electrons. The first-order chi connectivity index (χ1) is 12.5. The maximum atomic E-state index is 12.8. The lowest BCUT2D eigenvalue weighted by Gasteiger charge is -2.35. The molecule has 5 nitrogen and oxygen atoms in total. The van der Waals surface area contributed by atoms with E-state index in [0.29, 0.717) is 25.4 Å². The van der Waals surface area contributed by atoms with Gasteiger partial charge in [0, 0.05) is 44.3 Å². The highest BCUT2D eigenvalue weighted by Crippen LogP contribution is 2.25. The van der Waals surface area contributed by atoms with Crippen LogP contribution in [-0.2, 0) is 4.79 Å². The molecule has 144 valence electrons. The molecule has 0 aliphatic carbocycles. The number of anilines is 1. The number of nitrogens with one attached hydrogen (secondary N) is 1. The molecular formula is C21H33N3O2. The summed E-state index contributed by atoms with van der Waals surface area (Å²) in [6.07, 6.45) is 2.41. The highest BCUT2D eigenvalue weighted by atomic mass is 16.2. The molecule has 0 aromatic heterocycles. The molecule has 2 amide bonds. The number of carbonyl (C=O) groups is 2. The van der Waals surface area contributed by atoms with Crippen molar-refractivity contribution in [2.75, 3.05) is 31.1 Å². The van der Waals surface area contributed by atoms with E-state index in [-0.39, 0.29) is 17.9 Å². The van der Waals surface area contributed by atoms with Crippen molar-refractivity contribution in [1.82, 2.24) is 10.2 Å². The second kappa shape index (κ2) is 9.60. The number of hydrogen-bond acceptors (Lipinski definition) is 3. The zero-order chi connectivity index (χ0) is 19.1. The van der Waals surface area contributed by atoms with Gasteiger partial charge in [-0.15, -0.1) is 0 Å². The second-order valence-electron chi connectivity index (χ2n) is 7.42. The number of hydrogen-bond donors (Lipinski definition) is 1. The van der Waals surface area contributed by atoms with Gasteiger partial charge in [-0.3, -0.25) is 9.59 Å². The van der Waals surface area contributed by atoms with Gasteiger partial charge in [-0.1, -0.05) is 26.0 Å². The van der Waals surface area contributed by atoms with Crippen LogP contribution in [0.5, 0.6) is 0 Å². The van der Waals surface area contributed by atoms with Crippen molar-refractivity contribution in [3.05, 3.63) is 29.8 Å². The van der Waals surface area contributed by atoms with Gasteiger partial charge in [0.2, 0.25) is 5.91 Å². The van der Waals surface area contributed by atoms with Gasteiger partial charge in [0.15, 0.2) is 0 Å². The van der Waals surface area contributed by atoms with Crippen LogP contribution in [0, 0.1) is 5.92 Å². The van der Waals surface area contributed by atoms with Crippen molar-refractivity contribution in [1.29, 1.82) is 0 Å². The van der Waals surface area contributed by atoms with Crippen LogP contribution in [0.4, 0.5) is 5.69 Å². The first-order valence-electron chi connectivity index (χ1n) is 9.88. The molecule has 1 aliphatic heterocycles. The third kappa shape index (κ3) is 5.23. The van der Waals surface area contributed by atoms with Crippen molar-refractivity contribution in [3.63, 3.8) is 0 Å². The van der Waals surface area contributed by atoms with Crippen molar-refractivity contribution in [3.8, 4) is 0 Å². The zero-order valence-electron chi connectivity index (χ0n) is 16.6. The monoisotopic (exact) mass is 359 g/mol. The highest BCUT2D eigenvalue weighted by Gasteiger charge is 2.25. The average Bonchev–Trinajstić information content (AvgIpc) is 2.62. The number of piperidine rings is 1. The lowest BCUT2D eigenvalue weighted by atomic mass is 10.0. The minimum atomic E-state index is 0.0953. The molecule has 1 aromatic carbocycles. The fourth-order valence-electron chi connectivity index (χ4n) is 3.53. The smallest absolute Gasteiger partial charge is 0.255 e. The normalized spacial score (nSPS) is 15.2. The number of carbonyl (C=O) groups excluding carboxylic acids is 2. The minimum absolute atomic E-state index is 0.0953. The summed E-state index contributed by atoms with van der Waals surface area (Å²) in [5.41, 5.74) is 1.79. The van der Waals surface area contributed by atoms with E-state index >= 15 is 0 Å². The van der Waals surface area contributed by atoms with Crippen LogP contribution in [0.15, 0.2) is 24.3 Å². The van der Waals surface area contributed by atoms with Crippen LogP contribution in [0.25, 0.3) is 0 Å². The zero-order valence-corrected chi connectivity index (χ0v) is 16.6. The molecule has 26 heavy (non-hydrogen) atoms. The van der Waals surface area contributed by atoms with Gasteiger partial charge in [0.05, 0.1) is 5.56 Å². The number of para-hydroxylation sites is 1. The van der Waals surface area contributed by atoms with E-state index in [1.807, 2.05) is 43.0 Å². The number of benzene rings is 1. The molecule has 1 aromatic rings. The van der Waals surface area contributed by atoms with Crippen LogP contribution in [-0.4, -0.2) is 48.9 Å². The van der Waals surface area contributed by atoms with Crippen LogP contribution in [0.2, 0.25) is 0 Å². The Morgan fingerprint density at radius 3 is 2.35 bits per heavy atom. The van der Waals surface area contributed by atoms with Crippen LogP contribution < -0.4 is 10.2 Å². The van der Waals surface area contributed by atoms with Gasteiger partial charge < -0.3 is 15.1 Å². The Bertz CT molecular complexity index is 603. The molecule has 0 spiro atoms. The fraction of sp³-hybridized carbons (Fsp3) is 0.619.